The van der Waals surface area contributed by atoms with Gasteiger partial charge in [-0.2, -0.15) is 0 Å². The molecule has 0 aromatic rings. The van der Waals surface area contributed by atoms with Gasteiger partial charge in [-0.15, -0.1) is 0 Å². The predicted octanol–water partition coefficient (Wildman–Crippen LogP) is 0.912. The number of carbonyl (C=O) groups excluding carboxylic acids is 1. The number of aliphatic hydroxyl groups excluding tert-OH is 1. The molecule has 0 spiro atoms. The van der Waals surface area contributed by atoms with Gasteiger partial charge in [-0.05, 0) is 19.3 Å². The average Bonchev–Trinajstić information content (AvgIpc) is 2.49. The third-order valence-corrected chi connectivity index (χ3v) is 3.23. The van der Waals surface area contributed by atoms with Crippen LogP contribution in [0.1, 0.15) is 38.5 Å². The fourth-order valence-electron chi connectivity index (χ4n) is 2.44. The summed E-state index contributed by atoms with van der Waals surface area (Å²) in [6, 6.07) is 0.429. The first-order valence-corrected chi connectivity index (χ1v) is 5.27. The lowest BCUT2D eigenvalue weighted by molar-refractivity contribution is -0.136. The second-order valence-electron chi connectivity index (χ2n) is 4.13. The molecule has 0 aromatic heterocycles. The topological polar surface area (TPSA) is 40.5 Å². The molecule has 0 bridgehead atoms. The predicted molar refractivity (Wildman–Crippen MR) is 49.2 cm³/mol. The van der Waals surface area contributed by atoms with Gasteiger partial charge in [-0.1, -0.05) is 19.3 Å². The van der Waals surface area contributed by atoms with Crippen LogP contribution in [-0.2, 0) is 4.79 Å². The van der Waals surface area contributed by atoms with E-state index < -0.39 is 6.10 Å². The quantitative estimate of drug-likeness (QED) is 0.656. The van der Waals surface area contributed by atoms with Gasteiger partial charge in [-0.25, -0.2) is 0 Å². The molecule has 1 amide bonds. The van der Waals surface area contributed by atoms with Crippen LogP contribution >= 0.6 is 0 Å². The van der Waals surface area contributed by atoms with E-state index in [0.29, 0.717) is 12.5 Å². The third kappa shape index (κ3) is 1.70. The van der Waals surface area contributed by atoms with Crippen LogP contribution in [0.25, 0.3) is 0 Å². The minimum atomic E-state index is -0.707. The van der Waals surface area contributed by atoms with E-state index in [1.165, 1.54) is 19.3 Å². The largest absolute Gasteiger partial charge is 0.383 e. The highest BCUT2D eigenvalue weighted by atomic mass is 16.3. The Kier molecular flexibility index (Phi) is 2.54. The van der Waals surface area contributed by atoms with Crippen molar-refractivity contribution in [2.24, 2.45) is 0 Å². The van der Waals surface area contributed by atoms with Gasteiger partial charge in [0, 0.05) is 12.6 Å². The van der Waals surface area contributed by atoms with Gasteiger partial charge in [0.2, 0.25) is 0 Å². The summed E-state index contributed by atoms with van der Waals surface area (Å²) >= 11 is 0. The molecule has 1 N–H and O–H groups in total. The first-order chi connectivity index (χ1) is 6.29. The monoisotopic (exact) mass is 183 g/mol. The number of carbonyl (C=O) groups is 1. The molecule has 0 radical (unpaired) electrons. The highest BCUT2D eigenvalue weighted by Gasteiger charge is 2.34. The minimum Gasteiger partial charge on any atom is -0.383 e. The summed E-state index contributed by atoms with van der Waals surface area (Å²) < 4.78 is 0. The van der Waals surface area contributed by atoms with Crippen LogP contribution < -0.4 is 0 Å². The Balaban J connectivity index is 1.96. The van der Waals surface area contributed by atoms with Gasteiger partial charge >= 0.3 is 0 Å². The van der Waals surface area contributed by atoms with E-state index in [1.807, 2.05) is 4.90 Å². The first-order valence-electron chi connectivity index (χ1n) is 5.27. The molecule has 1 heterocycles. The molecular formula is C10H17NO2. The van der Waals surface area contributed by atoms with Gasteiger partial charge < -0.3 is 10.0 Å². The number of nitrogens with zero attached hydrogens (tertiary/aromatic N) is 1. The molecule has 3 heteroatoms. The molecule has 2 fully saturated rings. The van der Waals surface area contributed by atoms with E-state index in [-0.39, 0.29) is 5.91 Å². The Morgan fingerprint density at radius 2 is 1.85 bits per heavy atom. The van der Waals surface area contributed by atoms with Crippen molar-refractivity contribution in [2.45, 2.75) is 50.7 Å². The molecule has 0 aromatic carbocycles. The number of hydrogen-bond acceptors (Lipinski definition) is 2. The van der Waals surface area contributed by atoms with Crippen molar-refractivity contribution in [1.82, 2.24) is 4.90 Å². The van der Waals surface area contributed by atoms with Gasteiger partial charge in [-0.3, -0.25) is 4.79 Å². The zero-order valence-electron chi connectivity index (χ0n) is 7.91. The lowest BCUT2D eigenvalue weighted by Gasteiger charge is -2.30. The average molecular weight is 183 g/mol. The highest BCUT2D eigenvalue weighted by molar-refractivity contribution is 5.83. The van der Waals surface area contributed by atoms with Gasteiger partial charge in [0.15, 0.2) is 0 Å². The summed E-state index contributed by atoms with van der Waals surface area (Å²) in [5.74, 6) is -0.0353. The van der Waals surface area contributed by atoms with Crippen molar-refractivity contribution in [1.29, 1.82) is 0 Å². The van der Waals surface area contributed by atoms with E-state index in [4.69, 9.17) is 0 Å². The molecule has 3 nitrogen and oxygen atoms in total. The van der Waals surface area contributed by atoms with Crippen LogP contribution in [-0.4, -0.2) is 34.6 Å². The molecule has 1 saturated heterocycles. The second-order valence-corrected chi connectivity index (χ2v) is 4.13. The summed E-state index contributed by atoms with van der Waals surface area (Å²) in [6.45, 7) is 0.769. The summed E-state index contributed by atoms with van der Waals surface area (Å²) in [4.78, 5) is 13.4. The molecule has 1 saturated carbocycles. The van der Waals surface area contributed by atoms with Crippen molar-refractivity contribution in [3.8, 4) is 0 Å². The van der Waals surface area contributed by atoms with E-state index in [9.17, 15) is 9.90 Å². The SMILES string of the molecule is O=C1[C@H](O)CCN1C1CCCCC1. The van der Waals surface area contributed by atoms with Crippen molar-refractivity contribution >= 4 is 5.91 Å². The number of aliphatic hydroxyl groups is 1. The van der Waals surface area contributed by atoms with Gasteiger partial charge in [0.25, 0.3) is 5.91 Å². The summed E-state index contributed by atoms with van der Waals surface area (Å²) in [5, 5.41) is 9.31. The van der Waals surface area contributed by atoms with Crippen molar-refractivity contribution in [2.75, 3.05) is 6.54 Å². The van der Waals surface area contributed by atoms with Gasteiger partial charge in [0.05, 0.1) is 0 Å². The Hall–Kier alpha value is -0.570. The lowest BCUT2D eigenvalue weighted by atomic mass is 9.94. The third-order valence-electron chi connectivity index (χ3n) is 3.23. The maximum atomic E-state index is 11.5. The number of rotatable bonds is 1. The number of amides is 1. The van der Waals surface area contributed by atoms with Crippen molar-refractivity contribution in [3.63, 3.8) is 0 Å². The number of likely N-dealkylation sites (tertiary alicyclic amines) is 1. The molecule has 74 valence electrons. The van der Waals surface area contributed by atoms with Gasteiger partial charge in [0.1, 0.15) is 6.10 Å². The molecule has 2 aliphatic rings. The van der Waals surface area contributed by atoms with E-state index in [0.717, 1.165) is 19.4 Å². The van der Waals surface area contributed by atoms with Crippen molar-refractivity contribution in [3.05, 3.63) is 0 Å². The second kappa shape index (κ2) is 3.66. The van der Waals surface area contributed by atoms with Crippen LogP contribution in [0.15, 0.2) is 0 Å². The number of hydrogen-bond donors (Lipinski definition) is 1. The van der Waals surface area contributed by atoms with Crippen LogP contribution in [0.2, 0.25) is 0 Å². The summed E-state index contributed by atoms with van der Waals surface area (Å²) in [7, 11) is 0. The van der Waals surface area contributed by atoms with E-state index in [1.54, 1.807) is 0 Å². The minimum absolute atomic E-state index is 0.0353. The van der Waals surface area contributed by atoms with E-state index in [2.05, 4.69) is 0 Å². The zero-order chi connectivity index (χ0) is 9.26. The molecule has 1 aliphatic heterocycles. The normalized spacial score (nSPS) is 31.3. The first kappa shape index (κ1) is 9.00. The Morgan fingerprint density at radius 3 is 2.38 bits per heavy atom. The Labute approximate surface area is 78.7 Å². The smallest absolute Gasteiger partial charge is 0.251 e. The van der Waals surface area contributed by atoms with Crippen LogP contribution in [0, 0.1) is 0 Å². The summed E-state index contributed by atoms with van der Waals surface area (Å²) in [5.41, 5.74) is 0. The fraction of sp³-hybridized carbons (Fsp3) is 0.900. The molecule has 1 atom stereocenters. The van der Waals surface area contributed by atoms with Crippen LogP contribution in [0.5, 0.6) is 0 Å². The van der Waals surface area contributed by atoms with E-state index >= 15 is 0 Å². The lowest BCUT2D eigenvalue weighted by Crippen LogP contribution is -2.39. The molecule has 13 heavy (non-hydrogen) atoms. The molecular weight excluding hydrogens is 166 g/mol. The van der Waals surface area contributed by atoms with Crippen LogP contribution in [0.3, 0.4) is 0 Å². The fourth-order valence-corrected chi connectivity index (χ4v) is 2.44. The maximum absolute atomic E-state index is 11.5. The Morgan fingerprint density at radius 1 is 1.15 bits per heavy atom. The van der Waals surface area contributed by atoms with Crippen molar-refractivity contribution < 1.29 is 9.90 Å². The van der Waals surface area contributed by atoms with Crippen LogP contribution in [0.4, 0.5) is 0 Å². The standard InChI is InChI=1S/C10H17NO2/c12-9-6-7-11(10(9)13)8-4-2-1-3-5-8/h8-9,12H,1-7H2/t9-/m1/s1. The Bertz CT molecular complexity index is 199. The molecule has 2 rings (SSSR count). The molecule has 0 unspecified atom stereocenters. The summed E-state index contributed by atoms with van der Waals surface area (Å²) in [6.07, 6.45) is 5.99. The zero-order valence-corrected chi connectivity index (χ0v) is 7.91. The highest BCUT2D eigenvalue weighted by Crippen LogP contribution is 2.26. The molecule has 1 aliphatic carbocycles. The maximum Gasteiger partial charge on any atom is 0.251 e.